The van der Waals surface area contributed by atoms with Crippen molar-refractivity contribution in [2.45, 2.75) is 59.0 Å². The van der Waals surface area contributed by atoms with Gasteiger partial charge in [0.05, 0.1) is 11.9 Å². The van der Waals surface area contributed by atoms with Crippen molar-refractivity contribution < 1.29 is 14.4 Å². The summed E-state index contributed by atoms with van der Waals surface area (Å²) in [5.41, 5.74) is 4.47. The monoisotopic (exact) mass is 600 g/mol. The third kappa shape index (κ3) is 4.60. The smallest absolute Gasteiger partial charge is 0.248 e. The highest BCUT2D eigenvalue weighted by molar-refractivity contribution is 9.10. The molecule has 1 saturated carbocycles. The molecule has 4 aromatic rings. The number of rotatable bonds is 6. The van der Waals surface area contributed by atoms with Gasteiger partial charge in [0.25, 0.3) is 0 Å². The van der Waals surface area contributed by atoms with Gasteiger partial charge in [-0.15, -0.1) is 0 Å². The van der Waals surface area contributed by atoms with E-state index >= 15 is 0 Å². The summed E-state index contributed by atoms with van der Waals surface area (Å²) in [6, 6.07) is 8.79. The summed E-state index contributed by atoms with van der Waals surface area (Å²) < 4.78 is 2.51. The Morgan fingerprint density at radius 2 is 1.82 bits per heavy atom. The second kappa shape index (κ2) is 9.62. The number of ketones is 1. The van der Waals surface area contributed by atoms with E-state index in [2.05, 4.69) is 43.1 Å². The predicted molar refractivity (Wildman–Crippen MR) is 154 cm³/mol. The van der Waals surface area contributed by atoms with Gasteiger partial charge in [-0.2, -0.15) is 0 Å². The van der Waals surface area contributed by atoms with Gasteiger partial charge in [0.15, 0.2) is 5.78 Å². The van der Waals surface area contributed by atoms with Gasteiger partial charge >= 0.3 is 0 Å². The number of amides is 2. The van der Waals surface area contributed by atoms with Crippen LogP contribution < -0.4 is 5.32 Å². The Morgan fingerprint density at radius 3 is 2.55 bits per heavy atom. The number of aryl methyl sites for hydroxylation is 2. The van der Waals surface area contributed by atoms with Gasteiger partial charge in [0, 0.05) is 41.5 Å². The summed E-state index contributed by atoms with van der Waals surface area (Å²) in [4.78, 5) is 54.6. The van der Waals surface area contributed by atoms with Gasteiger partial charge in [-0.05, 0) is 90.4 Å². The zero-order valence-electron chi connectivity index (χ0n) is 22.7. The molecule has 4 aromatic heterocycles. The molecule has 0 aromatic carbocycles. The number of anilines is 1. The van der Waals surface area contributed by atoms with E-state index in [0.717, 1.165) is 28.6 Å². The van der Waals surface area contributed by atoms with Crippen LogP contribution in [0.2, 0.25) is 0 Å². The summed E-state index contributed by atoms with van der Waals surface area (Å²) >= 11 is 3.36. The number of hydrogen-bond acceptors (Lipinski definition) is 6. The van der Waals surface area contributed by atoms with Gasteiger partial charge in [0.1, 0.15) is 22.3 Å². The first-order valence-corrected chi connectivity index (χ1v) is 14.0. The SMILES string of the molecule is CC(=O)c1cc(CC(=O)N2C3C[C@]3(C)C[C@H]2C(=O)Nc2nc(Br)ccc2C)n2ccc(-c3cnc(C)nc3)cc12. The van der Waals surface area contributed by atoms with Crippen molar-refractivity contribution in [3.8, 4) is 11.1 Å². The van der Waals surface area contributed by atoms with Gasteiger partial charge < -0.3 is 14.6 Å². The van der Waals surface area contributed by atoms with Crippen LogP contribution in [-0.2, 0) is 16.0 Å². The number of nitrogens with zero attached hydrogens (tertiary/aromatic N) is 5. The number of carbonyl (C=O) groups is 3. The number of likely N-dealkylation sites (tertiary alicyclic amines) is 1. The second-order valence-electron chi connectivity index (χ2n) is 11.2. The molecule has 1 unspecified atom stereocenters. The van der Waals surface area contributed by atoms with Crippen LogP contribution in [-0.4, -0.2) is 53.9 Å². The van der Waals surface area contributed by atoms with Gasteiger partial charge in [-0.1, -0.05) is 13.0 Å². The lowest BCUT2D eigenvalue weighted by Crippen LogP contribution is -2.46. The van der Waals surface area contributed by atoms with Crippen LogP contribution in [0.4, 0.5) is 5.82 Å². The second-order valence-corrected chi connectivity index (χ2v) is 12.0. The van der Waals surface area contributed by atoms with Crippen LogP contribution in [0.5, 0.6) is 0 Å². The van der Waals surface area contributed by atoms with E-state index in [1.54, 1.807) is 23.4 Å². The topological polar surface area (TPSA) is 110 Å². The van der Waals surface area contributed by atoms with Crippen molar-refractivity contribution in [3.05, 3.63) is 76.2 Å². The molecule has 204 valence electrons. The first-order chi connectivity index (χ1) is 19.0. The van der Waals surface area contributed by atoms with Crippen molar-refractivity contribution >= 4 is 44.9 Å². The molecule has 2 amide bonds. The lowest BCUT2D eigenvalue weighted by Gasteiger charge is -2.27. The standard InChI is InChI=1S/C30H29BrN6O3/c1-16-5-6-26(31)34-28(16)35-29(40)24-12-30(4)13-25(30)37(24)27(39)11-21-10-22(17(2)38)23-9-19(7-8-36(21)23)20-14-32-18(3)33-15-20/h5-10,14-15,24-25H,11-13H2,1-4H3,(H,34,35,40)/t24-,25?,30-/m0/s1. The van der Waals surface area contributed by atoms with E-state index < -0.39 is 6.04 Å². The van der Waals surface area contributed by atoms with E-state index in [1.807, 2.05) is 48.7 Å². The first kappa shape index (κ1) is 26.3. The molecule has 1 aliphatic heterocycles. The maximum absolute atomic E-state index is 13.8. The minimum absolute atomic E-state index is 0.0268. The van der Waals surface area contributed by atoms with E-state index in [-0.39, 0.29) is 35.5 Å². The van der Waals surface area contributed by atoms with Gasteiger partial charge in [0.2, 0.25) is 11.8 Å². The van der Waals surface area contributed by atoms with E-state index in [1.165, 1.54) is 6.92 Å². The molecule has 0 spiro atoms. The molecule has 0 bridgehead atoms. The normalized spacial score (nSPS) is 21.4. The highest BCUT2D eigenvalue weighted by atomic mass is 79.9. The van der Waals surface area contributed by atoms with Crippen molar-refractivity contribution in [2.24, 2.45) is 5.41 Å². The average molecular weight is 602 g/mol. The number of aromatic nitrogens is 4. The zero-order valence-corrected chi connectivity index (χ0v) is 24.3. The van der Waals surface area contributed by atoms with E-state index in [4.69, 9.17) is 0 Å². The van der Waals surface area contributed by atoms with Crippen LogP contribution in [0.1, 0.15) is 54.1 Å². The Morgan fingerprint density at radius 1 is 1.07 bits per heavy atom. The Balaban J connectivity index is 1.29. The van der Waals surface area contributed by atoms with Gasteiger partial charge in [-0.3, -0.25) is 14.4 Å². The molecule has 10 heteroatoms. The molecular formula is C30H29BrN6O3. The average Bonchev–Trinajstić information content (AvgIpc) is 3.28. The summed E-state index contributed by atoms with van der Waals surface area (Å²) in [7, 11) is 0. The van der Waals surface area contributed by atoms with Crippen LogP contribution in [0.25, 0.3) is 16.6 Å². The van der Waals surface area contributed by atoms with Gasteiger partial charge in [-0.25, -0.2) is 15.0 Å². The molecule has 0 radical (unpaired) electrons. The molecule has 40 heavy (non-hydrogen) atoms. The molecule has 1 N–H and O–H groups in total. The fourth-order valence-electron chi connectivity index (χ4n) is 5.85. The van der Waals surface area contributed by atoms with Crippen molar-refractivity contribution in [1.82, 2.24) is 24.3 Å². The zero-order chi connectivity index (χ0) is 28.3. The minimum Gasteiger partial charge on any atom is -0.327 e. The Labute approximate surface area is 240 Å². The summed E-state index contributed by atoms with van der Waals surface area (Å²) in [5.74, 6) is 0.719. The maximum Gasteiger partial charge on any atom is 0.248 e. The van der Waals surface area contributed by atoms with Crippen LogP contribution in [0.15, 0.2) is 53.5 Å². The number of pyridine rings is 2. The third-order valence-electron chi connectivity index (χ3n) is 8.21. The van der Waals surface area contributed by atoms with Crippen molar-refractivity contribution in [3.63, 3.8) is 0 Å². The largest absolute Gasteiger partial charge is 0.327 e. The summed E-state index contributed by atoms with van der Waals surface area (Å²) in [6.45, 7) is 7.36. The molecule has 2 aliphatic rings. The fraction of sp³-hybridized carbons (Fsp3) is 0.333. The first-order valence-electron chi connectivity index (χ1n) is 13.2. The summed E-state index contributed by atoms with van der Waals surface area (Å²) in [5, 5.41) is 2.94. The quantitative estimate of drug-likeness (QED) is 0.248. The Kier molecular flexibility index (Phi) is 6.33. The van der Waals surface area contributed by atoms with Crippen LogP contribution in [0, 0.1) is 19.3 Å². The molecule has 9 nitrogen and oxygen atoms in total. The number of hydrogen-bond donors (Lipinski definition) is 1. The molecule has 1 aliphatic carbocycles. The number of piperidine rings is 1. The van der Waals surface area contributed by atoms with Crippen LogP contribution >= 0.6 is 15.9 Å². The number of halogens is 1. The Bertz CT molecular complexity index is 1700. The number of fused-ring (bicyclic) bond motifs is 2. The molecular weight excluding hydrogens is 572 g/mol. The predicted octanol–water partition coefficient (Wildman–Crippen LogP) is 4.93. The minimum atomic E-state index is -0.580. The lowest BCUT2D eigenvalue weighted by molar-refractivity contribution is -0.137. The fourth-order valence-corrected chi connectivity index (χ4v) is 6.15. The van der Waals surface area contributed by atoms with Crippen LogP contribution in [0.3, 0.4) is 0 Å². The molecule has 6 rings (SSSR count). The van der Waals surface area contributed by atoms with E-state index in [9.17, 15) is 14.4 Å². The molecule has 3 atom stereocenters. The third-order valence-corrected chi connectivity index (χ3v) is 8.65. The van der Waals surface area contributed by atoms with Crippen molar-refractivity contribution in [1.29, 1.82) is 0 Å². The van der Waals surface area contributed by atoms with Crippen molar-refractivity contribution in [2.75, 3.05) is 5.32 Å². The number of nitrogens with one attached hydrogen (secondary N) is 1. The maximum atomic E-state index is 13.8. The number of Topliss-reactive ketones (excluding diaryl/α,β-unsaturated/α-hetero) is 1. The highest BCUT2D eigenvalue weighted by Crippen LogP contribution is 2.59. The lowest BCUT2D eigenvalue weighted by atomic mass is 10.0. The molecule has 2 fully saturated rings. The number of carbonyl (C=O) groups excluding carboxylic acids is 3. The Hall–Kier alpha value is -3.92. The van der Waals surface area contributed by atoms with E-state index in [0.29, 0.717) is 33.9 Å². The molecule has 1 saturated heterocycles. The highest BCUT2D eigenvalue weighted by Gasteiger charge is 2.64. The molecule has 5 heterocycles. The summed E-state index contributed by atoms with van der Waals surface area (Å²) in [6.07, 6.45) is 6.95.